The molecule has 1 unspecified atom stereocenters. The van der Waals surface area contributed by atoms with Gasteiger partial charge in [0.1, 0.15) is 12.6 Å². The lowest BCUT2D eigenvalue weighted by molar-refractivity contribution is -0.170. The molecular weight excluding hydrogens is 478 g/mol. The number of ether oxygens (including phenoxy) is 1. The molecule has 2 aromatic carbocycles. The van der Waals surface area contributed by atoms with Crippen molar-refractivity contribution in [2.75, 3.05) is 24.7 Å². The van der Waals surface area contributed by atoms with Crippen LogP contribution in [-0.2, 0) is 14.3 Å². The summed E-state index contributed by atoms with van der Waals surface area (Å²) in [6, 6.07) is 14.3. The summed E-state index contributed by atoms with van der Waals surface area (Å²) in [7, 11) is 0. The first-order valence-electron chi connectivity index (χ1n) is 11.4. The maximum absolute atomic E-state index is 13.9. The van der Waals surface area contributed by atoms with Gasteiger partial charge in [0.05, 0.1) is 5.75 Å². The maximum Gasteiger partial charge on any atom is 0.407 e. The van der Waals surface area contributed by atoms with Crippen LogP contribution in [0.25, 0.3) is 11.1 Å². The van der Waals surface area contributed by atoms with E-state index >= 15 is 0 Å². The van der Waals surface area contributed by atoms with Crippen molar-refractivity contribution in [3.8, 4) is 11.1 Å². The molecule has 0 bridgehead atoms. The van der Waals surface area contributed by atoms with Gasteiger partial charge >= 0.3 is 18.0 Å². The third kappa shape index (κ3) is 5.75. The Morgan fingerprint density at radius 1 is 1.06 bits per heavy atom. The third-order valence-corrected chi connectivity index (χ3v) is 7.14. The average Bonchev–Trinajstić information content (AvgIpc) is 3.63. The van der Waals surface area contributed by atoms with Gasteiger partial charge in [0.15, 0.2) is 0 Å². The number of halogens is 2. The van der Waals surface area contributed by atoms with Gasteiger partial charge in [0.25, 0.3) is 0 Å². The molecule has 35 heavy (non-hydrogen) atoms. The zero-order valence-electron chi connectivity index (χ0n) is 18.8. The van der Waals surface area contributed by atoms with Crippen LogP contribution in [0.5, 0.6) is 0 Å². The number of alkyl halides is 2. The van der Waals surface area contributed by atoms with E-state index in [-0.39, 0.29) is 24.8 Å². The molecule has 0 radical (unpaired) electrons. The molecule has 1 atom stereocenters. The molecular formula is C25H26F2N2O5S. The third-order valence-electron chi connectivity index (χ3n) is 6.18. The van der Waals surface area contributed by atoms with Crippen molar-refractivity contribution >= 4 is 29.7 Å². The number of carboxylic acid groups (broad SMARTS) is 1. The van der Waals surface area contributed by atoms with E-state index in [0.29, 0.717) is 18.6 Å². The highest BCUT2D eigenvalue weighted by molar-refractivity contribution is 7.99. The van der Waals surface area contributed by atoms with Gasteiger partial charge in [0.2, 0.25) is 5.91 Å². The van der Waals surface area contributed by atoms with Gasteiger partial charge in [-0.15, -0.1) is 0 Å². The zero-order valence-corrected chi connectivity index (χ0v) is 19.7. The topological polar surface area (TPSA) is 105 Å². The molecule has 2 aromatic rings. The minimum Gasteiger partial charge on any atom is -0.477 e. The summed E-state index contributed by atoms with van der Waals surface area (Å²) in [6.45, 7) is 0.418. The van der Waals surface area contributed by atoms with Crippen LogP contribution in [0.1, 0.15) is 29.9 Å². The van der Waals surface area contributed by atoms with Crippen LogP contribution >= 0.6 is 11.8 Å². The number of aliphatic carboxylic acids is 1. The van der Waals surface area contributed by atoms with Crippen molar-refractivity contribution in [2.45, 2.75) is 30.7 Å². The lowest BCUT2D eigenvalue weighted by atomic mass is 9.98. The Bertz CT molecular complexity index is 1060. The van der Waals surface area contributed by atoms with Gasteiger partial charge in [-0.3, -0.25) is 4.79 Å². The number of amides is 2. The number of rotatable bonds is 11. The van der Waals surface area contributed by atoms with Crippen LogP contribution in [0.3, 0.4) is 0 Å². The number of nitrogens with one attached hydrogen (secondary N) is 2. The Morgan fingerprint density at radius 2 is 1.66 bits per heavy atom. The SMILES string of the molecule is O=C(CSCCNC(=O)OCC1c2ccccc2-c2ccccc21)NC(C1CC1)C(F)(F)C(=O)O. The second kappa shape index (κ2) is 10.6. The highest BCUT2D eigenvalue weighted by atomic mass is 32.2. The number of benzene rings is 2. The average molecular weight is 505 g/mol. The van der Waals surface area contributed by atoms with Crippen molar-refractivity contribution < 1.29 is 33.0 Å². The number of hydrogen-bond donors (Lipinski definition) is 3. The summed E-state index contributed by atoms with van der Waals surface area (Å²) < 4.78 is 33.2. The molecule has 0 aliphatic heterocycles. The van der Waals surface area contributed by atoms with Crippen molar-refractivity contribution in [2.24, 2.45) is 5.92 Å². The number of thioether (sulfide) groups is 1. The molecule has 0 spiro atoms. The second-order valence-electron chi connectivity index (χ2n) is 8.62. The minimum absolute atomic E-state index is 0.0467. The van der Waals surface area contributed by atoms with Gasteiger partial charge in [-0.2, -0.15) is 20.5 Å². The van der Waals surface area contributed by atoms with E-state index in [1.165, 1.54) is 0 Å². The van der Waals surface area contributed by atoms with Crippen LogP contribution in [0, 0.1) is 5.92 Å². The predicted octanol–water partition coefficient (Wildman–Crippen LogP) is 3.87. The molecule has 1 fully saturated rings. The van der Waals surface area contributed by atoms with Crippen molar-refractivity contribution in [3.05, 3.63) is 59.7 Å². The number of carbonyl (C=O) groups is 3. The number of fused-ring (bicyclic) bond motifs is 3. The van der Waals surface area contributed by atoms with E-state index in [9.17, 15) is 23.2 Å². The normalized spacial score (nSPS) is 15.6. The van der Waals surface area contributed by atoms with E-state index in [0.717, 1.165) is 34.0 Å². The van der Waals surface area contributed by atoms with E-state index in [1.54, 1.807) is 0 Å². The molecule has 0 aromatic heterocycles. The van der Waals surface area contributed by atoms with E-state index in [4.69, 9.17) is 9.84 Å². The first-order chi connectivity index (χ1) is 16.8. The Kier molecular flexibility index (Phi) is 7.59. The standard InChI is InChI=1S/C25H26F2N2O5S/c26-25(27,23(31)32)22(15-9-10-15)29-21(30)14-35-12-11-28-24(33)34-13-20-18-7-3-1-5-16(18)17-6-2-4-8-19(17)20/h1-8,15,20,22H,9-14H2,(H,28,33)(H,29,30)(H,31,32). The molecule has 3 N–H and O–H groups in total. The number of alkyl carbamates (subject to hydrolysis) is 1. The van der Waals surface area contributed by atoms with Crippen LogP contribution in [-0.4, -0.2) is 59.7 Å². The lowest BCUT2D eigenvalue weighted by Gasteiger charge is -2.24. The number of hydrogen-bond acceptors (Lipinski definition) is 5. The molecule has 1 saturated carbocycles. The Morgan fingerprint density at radius 3 is 2.23 bits per heavy atom. The highest BCUT2D eigenvalue weighted by Gasteiger charge is 2.54. The Hall–Kier alpha value is -3.14. The zero-order chi connectivity index (χ0) is 25.0. The van der Waals surface area contributed by atoms with E-state index < -0.39 is 35.9 Å². The Balaban J connectivity index is 1.17. The van der Waals surface area contributed by atoms with Crippen LogP contribution in [0.2, 0.25) is 0 Å². The van der Waals surface area contributed by atoms with Crippen molar-refractivity contribution in [1.29, 1.82) is 0 Å². The van der Waals surface area contributed by atoms with Gasteiger partial charge in [-0.25, -0.2) is 9.59 Å². The van der Waals surface area contributed by atoms with Crippen LogP contribution in [0.15, 0.2) is 48.5 Å². The van der Waals surface area contributed by atoms with Gasteiger partial charge in [-0.1, -0.05) is 48.5 Å². The van der Waals surface area contributed by atoms with E-state index in [1.807, 2.05) is 36.4 Å². The molecule has 0 heterocycles. The molecule has 7 nitrogen and oxygen atoms in total. The van der Waals surface area contributed by atoms with Crippen molar-refractivity contribution in [1.82, 2.24) is 10.6 Å². The molecule has 186 valence electrons. The van der Waals surface area contributed by atoms with Gasteiger partial charge in [0, 0.05) is 18.2 Å². The largest absolute Gasteiger partial charge is 0.477 e. The fraction of sp³-hybridized carbons (Fsp3) is 0.400. The fourth-order valence-electron chi connectivity index (χ4n) is 4.32. The number of carboxylic acids is 1. The minimum atomic E-state index is -4.01. The molecule has 2 aliphatic rings. The van der Waals surface area contributed by atoms with Gasteiger partial charge < -0.3 is 20.5 Å². The number of carbonyl (C=O) groups excluding carboxylic acids is 2. The second-order valence-corrected chi connectivity index (χ2v) is 9.72. The maximum atomic E-state index is 13.9. The lowest BCUT2D eigenvalue weighted by Crippen LogP contribution is -2.53. The summed E-state index contributed by atoms with van der Waals surface area (Å²) >= 11 is 1.15. The first-order valence-corrected chi connectivity index (χ1v) is 12.5. The summed E-state index contributed by atoms with van der Waals surface area (Å²) in [5, 5.41) is 13.5. The summed E-state index contributed by atoms with van der Waals surface area (Å²) in [6.07, 6.45) is 0.350. The quantitative estimate of drug-likeness (QED) is 0.402. The van der Waals surface area contributed by atoms with Crippen LogP contribution < -0.4 is 10.6 Å². The molecule has 2 amide bonds. The smallest absolute Gasteiger partial charge is 0.407 e. The summed E-state index contributed by atoms with van der Waals surface area (Å²) in [4.78, 5) is 35.0. The first kappa shape index (κ1) is 25.0. The fourth-order valence-corrected chi connectivity index (χ4v) is 4.98. The van der Waals surface area contributed by atoms with Crippen molar-refractivity contribution in [3.63, 3.8) is 0 Å². The molecule has 10 heteroatoms. The monoisotopic (exact) mass is 504 g/mol. The Labute approximate surface area is 205 Å². The summed E-state index contributed by atoms with van der Waals surface area (Å²) in [5.74, 6) is -7.23. The summed E-state index contributed by atoms with van der Waals surface area (Å²) in [5.41, 5.74) is 4.50. The predicted molar refractivity (Wildman–Crippen MR) is 128 cm³/mol. The van der Waals surface area contributed by atoms with Crippen LogP contribution in [0.4, 0.5) is 13.6 Å². The molecule has 0 saturated heterocycles. The van der Waals surface area contributed by atoms with Gasteiger partial charge in [-0.05, 0) is 41.0 Å². The van der Waals surface area contributed by atoms with E-state index in [2.05, 4.69) is 22.8 Å². The molecule has 2 aliphatic carbocycles. The highest BCUT2D eigenvalue weighted by Crippen LogP contribution is 2.44. The molecule has 4 rings (SSSR count).